The van der Waals surface area contributed by atoms with E-state index < -0.39 is 0 Å². The van der Waals surface area contributed by atoms with E-state index in [4.69, 9.17) is 11.5 Å². The van der Waals surface area contributed by atoms with Gasteiger partial charge in [-0.15, -0.1) is 5.10 Å². The largest absolute Gasteiger partial charge is 0.384 e. The summed E-state index contributed by atoms with van der Waals surface area (Å²) in [6, 6.07) is 6.13. The highest BCUT2D eigenvalue weighted by molar-refractivity contribution is 5.89. The van der Waals surface area contributed by atoms with Crippen LogP contribution in [0.25, 0.3) is 0 Å². The lowest BCUT2D eigenvalue weighted by molar-refractivity contribution is 0.830. The first-order valence-electron chi connectivity index (χ1n) is 5.25. The van der Waals surface area contributed by atoms with E-state index in [9.17, 15) is 0 Å². The molecule has 0 spiro atoms. The third-order valence-corrected chi connectivity index (χ3v) is 2.48. The number of guanidine groups is 1. The predicted octanol–water partition coefficient (Wildman–Crippen LogP) is 0.652. The lowest BCUT2D eigenvalue weighted by Crippen LogP contribution is -2.21. The zero-order chi connectivity index (χ0) is 11.4. The van der Waals surface area contributed by atoms with Crippen molar-refractivity contribution in [3.63, 3.8) is 0 Å². The van der Waals surface area contributed by atoms with Crippen LogP contribution in [-0.2, 0) is 6.42 Å². The zero-order valence-electron chi connectivity index (χ0n) is 8.98. The third-order valence-electron chi connectivity index (χ3n) is 2.48. The molecule has 1 aromatic carbocycles. The molecule has 1 aromatic rings. The third kappa shape index (κ3) is 2.31. The first-order chi connectivity index (χ1) is 7.77. The minimum Gasteiger partial charge on any atom is -0.384 e. The minimum absolute atomic E-state index is 0.0333. The molecule has 84 valence electrons. The van der Waals surface area contributed by atoms with Crippen molar-refractivity contribution in [2.24, 2.45) is 21.7 Å². The van der Waals surface area contributed by atoms with Gasteiger partial charge in [-0.05, 0) is 18.4 Å². The van der Waals surface area contributed by atoms with Crippen LogP contribution in [0.1, 0.15) is 17.5 Å². The summed E-state index contributed by atoms with van der Waals surface area (Å²) < 4.78 is 0. The van der Waals surface area contributed by atoms with Crippen LogP contribution in [-0.4, -0.2) is 18.7 Å². The number of nitrogens with zero attached hydrogens (tertiary/aromatic N) is 2. The van der Waals surface area contributed by atoms with Crippen LogP contribution in [0.2, 0.25) is 0 Å². The molecule has 0 bridgehead atoms. The van der Waals surface area contributed by atoms with E-state index in [0.717, 1.165) is 24.2 Å². The van der Waals surface area contributed by atoms with E-state index >= 15 is 0 Å². The summed E-state index contributed by atoms with van der Waals surface area (Å²) in [6.07, 6.45) is 3.94. The fourth-order valence-corrected chi connectivity index (χ4v) is 1.80. The van der Waals surface area contributed by atoms with Gasteiger partial charge >= 0.3 is 0 Å². The van der Waals surface area contributed by atoms with Gasteiger partial charge < -0.3 is 16.8 Å². The lowest BCUT2D eigenvalue weighted by atomic mass is 10.00. The maximum Gasteiger partial charge on any atom is 0.211 e. The molecule has 0 saturated heterocycles. The second-order valence-corrected chi connectivity index (χ2v) is 3.68. The summed E-state index contributed by atoms with van der Waals surface area (Å²) in [5.41, 5.74) is 13.9. The SMILES string of the molecule is NC(N)=NN=Cc1cccc2c1NCCC2. The van der Waals surface area contributed by atoms with Crippen molar-refractivity contribution in [2.45, 2.75) is 12.8 Å². The first kappa shape index (κ1) is 10.5. The van der Waals surface area contributed by atoms with Gasteiger partial charge in [0.05, 0.1) is 6.21 Å². The molecule has 1 heterocycles. The molecule has 0 saturated carbocycles. The number of para-hydroxylation sites is 1. The Kier molecular flexibility index (Phi) is 3.05. The number of rotatable bonds is 2. The number of benzene rings is 1. The minimum atomic E-state index is -0.0333. The highest BCUT2D eigenvalue weighted by Gasteiger charge is 2.10. The predicted molar refractivity (Wildman–Crippen MR) is 66.7 cm³/mol. The van der Waals surface area contributed by atoms with Crippen molar-refractivity contribution in [3.05, 3.63) is 29.3 Å². The van der Waals surface area contributed by atoms with Crippen molar-refractivity contribution in [1.29, 1.82) is 0 Å². The van der Waals surface area contributed by atoms with E-state index in [-0.39, 0.29) is 5.96 Å². The van der Waals surface area contributed by atoms with E-state index in [1.165, 1.54) is 12.0 Å². The van der Waals surface area contributed by atoms with Crippen molar-refractivity contribution in [2.75, 3.05) is 11.9 Å². The first-order valence-corrected chi connectivity index (χ1v) is 5.25. The van der Waals surface area contributed by atoms with Crippen LogP contribution in [0.15, 0.2) is 28.4 Å². The standard InChI is InChI=1S/C11H15N5/c12-11(13)16-15-7-9-4-1-3-8-5-2-6-14-10(8)9/h1,3-4,7,14H,2,5-6H2,(H4,12,13,16). The smallest absolute Gasteiger partial charge is 0.211 e. The van der Waals surface area contributed by atoms with Crippen LogP contribution in [0.4, 0.5) is 5.69 Å². The summed E-state index contributed by atoms with van der Waals surface area (Å²) >= 11 is 0. The van der Waals surface area contributed by atoms with Gasteiger partial charge in [0, 0.05) is 17.8 Å². The van der Waals surface area contributed by atoms with E-state index in [1.807, 2.05) is 12.1 Å². The Morgan fingerprint density at radius 3 is 3.06 bits per heavy atom. The molecule has 0 fully saturated rings. The molecule has 0 unspecified atom stereocenters. The summed E-state index contributed by atoms with van der Waals surface area (Å²) in [7, 11) is 0. The maximum absolute atomic E-state index is 5.19. The van der Waals surface area contributed by atoms with Crippen LogP contribution >= 0.6 is 0 Å². The lowest BCUT2D eigenvalue weighted by Gasteiger charge is -2.19. The van der Waals surface area contributed by atoms with E-state index in [2.05, 4.69) is 21.6 Å². The molecule has 5 heteroatoms. The Balaban J connectivity index is 2.27. The van der Waals surface area contributed by atoms with Crippen molar-refractivity contribution < 1.29 is 0 Å². The monoisotopic (exact) mass is 217 g/mol. The molecule has 0 radical (unpaired) electrons. The van der Waals surface area contributed by atoms with Gasteiger partial charge in [0.1, 0.15) is 0 Å². The molecular formula is C11H15N5. The van der Waals surface area contributed by atoms with E-state index in [1.54, 1.807) is 6.21 Å². The fourth-order valence-electron chi connectivity index (χ4n) is 1.80. The fraction of sp³-hybridized carbons (Fsp3) is 0.273. The Labute approximate surface area is 94.2 Å². The molecule has 1 aliphatic rings. The molecular weight excluding hydrogens is 202 g/mol. The molecule has 0 aliphatic carbocycles. The zero-order valence-corrected chi connectivity index (χ0v) is 8.98. The Bertz CT molecular complexity index is 432. The van der Waals surface area contributed by atoms with Gasteiger partial charge in [-0.1, -0.05) is 18.2 Å². The molecule has 1 aliphatic heterocycles. The normalized spacial score (nSPS) is 14.2. The number of hydrogen-bond donors (Lipinski definition) is 3. The van der Waals surface area contributed by atoms with Gasteiger partial charge in [0.25, 0.3) is 0 Å². The Hall–Kier alpha value is -2.04. The van der Waals surface area contributed by atoms with Crippen molar-refractivity contribution in [3.8, 4) is 0 Å². The quantitative estimate of drug-likeness (QED) is 0.386. The second kappa shape index (κ2) is 4.65. The summed E-state index contributed by atoms with van der Waals surface area (Å²) in [6.45, 7) is 1.00. The summed E-state index contributed by atoms with van der Waals surface area (Å²) in [5.74, 6) is -0.0333. The molecule has 0 amide bonds. The number of nitrogens with one attached hydrogen (secondary N) is 1. The summed E-state index contributed by atoms with van der Waals surface area (Å²) in [5, 5.41) is 10.8. The average molecular weight is 217 g/mol. The number of aryl methyl sites for hydroxylation is 1. The van der Waals surface area contributed by atoms with Crippen molar-refractivity contribution in [1.82, 2.24) is 0 Å². The van der Waals surface area contributed by atoms with Crippen molar-refractivity contribution >= 4 is 17.9 Å². The number of nitrogens with two attached hydrogens (primary N) is 2. The van der Waals surface area contributed by atoms with Crippen LogP contribution in [0.3, 0.4) is 0 Å². The van der Waals surface area contributed by atoms with Gasteiger partial charge in [-0.25, -0.2) is 0 Å². The van der Waals surface area contributed by atoms with Gasteiger partial charge in [0.15, 0.2) is 0 Å². The van der Waals surface area contributed by atoms with Gasteiger partial charge in [-0.3, -0.25) is 0 Å². The second-order valence-electron chi connectivity index (χ2n) is 3.68. The number of anilines is 1. The summed E-state index contributed by atoms with van der Waals surface area (Å²) in [4.78, 5) is 0. The van der Waals surface area contributed by atoms with Gasteiger partial charge in [0.2, 0.25) is 5.96 Å². The Morgan fingerprint density at radius 1 is 1.38 bits per heavy atom. The maximum atomic E-state index is 5.19. The highest BCUT2D eigenvalue weighted by Crippen LogP contribution is 2.24. The van der Waals surface area contributed by atoms with Gasteiger partial charge in [-0.2, -0.15) is 5.10 Å². The molecule has 5 nitrogen and oxygen atoms in total. The van der Waals surface area contributed by atoms with Crippen LogP contribution in [0, 0.1) is 0 Å². The van der Waals surface area contributed by atoms with E-state index in [0.29, 0.717) is 0 Å². The number of fused-ring (bicyclic) bond motifs is 1. The highest BCUT2D eigenvalue weighted by atomic mass is 15.3. The van der Waals surface area contributed by atoms with Crippen LogP contribution in [0.5, 0.6) is 0 Å². The molecule has 0 atom stereocenters. The van der Waals surface area contributed by atoms with Crippen LogP contribution < -0.4 is 16.8 Å². The average Bonchev–Trinajstić information content (AvgIpc) is 2.29. The molecule has 2 rings (SSSR count). The number of hydrogen-bond acceptors (Lipinski definition) is 3. The molecule has 16 heavy (non-hydrogen) atoms. The topological polar surface area (TPSA) is 88.8 Å². The molecule has 0 aromatic heterocycles. The Morgan fingerprint density at radius 2 is 2.25 bits per heavy atom. The molecule has 5 N–H and O–H groups in total.